The lowest BCUT2D eigenvalue weighted by Gasteiger charge is -2.30. The van der Waals surface area contributed by atoms with Crippen molar-refractivity contribution in [2.24, 2.45) is 5.92 Å². The number of carbonyl (C=O) groups excluding carboxylic acids is 1. The van der Waals surface area contributed by atoms with Crippen LogP contribution in [0.2, 0.25) is 0 Å². The van der Waals surface area contributed by atoms with E-state index in [-0.39, 0.29) is 35.6 Å². The number of piperidine rings is 1. The van der Waals surface area contributed by atoms with Gasteiger partial charge in [-0.05, 0) is 61.2 Å². The molecule has 0 bridgehead atoms. The monoisotopic (exact) mass is 408 g/mol. The number of carbonyl (C=O) groups is 1. The molecule has 1 heterocycles. The first kappa shape index (κ1) is 20.4. The molecule has 8 heteroatoms. The van der Waals surface area contributed by atoms with Gasteiger partial charge in [-0.25, -0.2) is 17.2 Å². The molecule has 0 atom stereocenters. The van der Waals surface area contributed by atoms with Gasteiger partial charge in [0.1, 0.15) is 11.6 Å². The van der Waals surface area contributed by atoms with Gasteiger partial charge in [-0.1, -0.05) is 12.1 Å². The highest BCUT2D eigenvalue weighted by Gasteiger charge is 2.31. The number of nitrogens with one attached hydrogen (secondary N) is 1. The first-order valence-electron chi connectivity index (χ1n) is 9.14. The number of sulfonamides is 1. The summed E-state index contributed by atoms with van der Waals surface area (Å²) in [7, 11) is -3.69. The minimum absolute atomic E-state index is 0.0481. The molecule has 0 aromatic heterocycles. The van der Waals surface area contributed by atoms with Crippen LogP contribution in [0.4, 0.5) is 8.78 Å². The van der Waals surface area contributed by atoms with E-state index in [0.717, 1.165) is 17.7 Å². The molecule has 0 radical (unpaired) electrons. The molecule has 5 nitrogen and oxygen atoms in total. The molecule has 1 fully saturated rings. The molecule has 1 aliphatic rings. The quantitative estimate of drug-likeness (QED) is 0.799. The number of amides is 1. The second kappa shape index (κ2) is 8.79. The van der Waals surface area contributed by atoms with E-state index in [4.69, 9.17) is 0 Å². The third-order valence-corrected chi connectivity index (χ3v) is 6.79. The van der Waals surface area contributed by atoms with Crippen LogP contribution in [0.3, 0.4) is 0 Å². The van der Waals surface area contributed by atoms with Gasteiger partial charge in [-0.15, -0.1) is 0 Å². The zero-order valence-electron chi connectivity index (χ0n) is 15.3. The van der Waals surface area contributed by atoms with Crippen molar-refractivity contribution >= 4 is 15.9 Å². The Morgan fingerprint density at radius 2 is 1.71 bits per heavy atom. The number of hydrogen-bond donors (Lipinski definition) is 1. The molecule has 0 aliphatic carbocycles. The maximum atomic E-state index is 13.2. The molecule has 1 saturated heterocycles. The van der Waals surface area contributed by atoms with E-state index in [2.05, 4.69) is 5.32 Å². The Morgan fingerprint density at radius 3 is 2.36 bits per heavy atom. The molecule has 1 N–H and O–H groups in total. The van der Waals surface area contributed by atoms with Crippen molar-refractivity contribution in [3.8, 4) is 0 Å². The maximum absolute atomic E-state index is 13.2. The average molecular weight is 408 g/mol. The SMILES string of the molecule is O=C(NCCc1cccc(F)c1)C1CCN(S(=O)(=O)c2ccc(F)cc2)CC1. The second-order valence-electron chi connectivity index (χ2n) is 6.80. The topological polar surface area (TPSA) is 66.5 Å². The van der Waals surface area contributed by atoms with E-state index in [0.29, 0.717) is 25.8 Å². The Balaban J connectivity index is 1.49. The summed E-state index contributed by atoms with van der Waals surface area (Å²) in [6, 6.07) is 11.0. The number of rotatable bonds is 6. The second-order valence-corrected chi connectivity index (χ2v) is 8.74. The van der Waals surface area contributed by atoms with E-state index in [1.54, 1.807) is 12.1 Å². The average Bonchev–Trinajstić information content (AvgIpc) is 2.68. The van der Waals surface area contributed by atoms with Crippen molar-refractivity contribution in [3.63, 3.8) is 0 Å². The van der Waals surface area contributed by atoms with E-state index in [1.807, 2.05) is 0 Å². The van der Waals surface area contributed by atoms with E-state index >= 15 is 0 Å². The molecular weight excluding hydrogens is 386 g/mol. The minimum atomic E-state index is -3.69. The molecule has 2 aromatic carbocycles. The summed E-state index contributed by atoms with van der Waals surface area (Å²) in [6.07, 6.45) is 1.37. The Kier molecular flexibility index (Phi) is 6.41. The summed E-state index contributed by atoms with van der Waals surface area (Å²) < 4.78 is 52.7. The van der Waals surface area contributed by atoms with Crippen molar-refractivity contribution in [2.75, 3.05) is 19.6 Å². The van der Waals surface area contributed by atoms with Gasteiger partial charge < -0.3 is 5.32 Å². The lowest BCUT2D eigenvalue weighted by atomic mass is 9.97. The molecular formula is C20H22F2N2O3S. The van der Waals surface area contributed by atoms with Crippen molar-refractivity contribution in [1.82, 2.24) is 9.62 Å². The molecule has 2 aromatic rings. The summed E-state index contributed by atoms with van der Waals surface area (Å²) in [6.45, 7) is 0.875. The Bertz CT molecular complexity index is 925. The lowest BCUT2D eigenvalue weighted by molar-refractivity contribution is -0.126. The fourth-order valence-corrected chi connectivity index (χ4v) is 4.75. The number of benzene rings is 2. The fourth-order valence-electron chi connectivity index (χ4n) is 3.28. The van der Waals surface area contributed by atoms with Crippen molar-refractivity contribution < 1.29 is 22.0 Å². The Morgan fingerprint density at radius 1 is 1.04 bits per heavy atom. The summed E-state index contributed by atoms with van der Waals surface area (Å²) in [5, 5.41) is 2.84. The summed E-state index contributed by atoms with van der Waals surface area (Å²) in [5.74, 6) is -1.17. The third-order valence-electron chi connectivity index (χ3n) is 4.88. The zero-order valence-corrected chi connectivity index (χ0v) is 16.1. The smallest absolute Gasteiger partial charge is 0.243 e. The van der Waals surface area contributed by atoms with Crippen LogP contribution in [0.25, 0.3) is 0 Å². The molecule has 0 saturated carbocycles. The summed E-state index contributed by atoms with van der Waals surface area (Å²) in [4.78, 5) is 12.4. The molecule has 0 unspecified atom stereocenters. The molecule has 28 heavy (non-hydrogen) atoms. The highest BCUT2D eigenvalue weighted by molar-refractivity contribution is 7.89. The predicted molar refractivity (Wildman–Crippen MR) is 101 cm³/mol. The molecule has 150 valence electrons. The van der Waals surface area contributed by atoms with Crippen LogP contribution < -0.4 is 5.32 Å². The van der Waals surface area contributed by atoms with Crippen LogP contribution in [-0.4, -0.2) is 38.3 Å². The largest absolute Gasteiger partial charge is 0.356 e. The van der Waals surface area contributed by atoms with Crippen molar-refractivity contribution in [2.45, 2.75) is 24.2 Å². The molecule has 0 spiro atoms. The molecule has 1 aliphatic heterocycles. The minimum Gasteiger partial charge on any atom is -0.356 e. The van der Waals surface area contributed by atoms with Gasteiger partial charge in [0, 0.05) is 25.6 Å². The fraction of sp³-hybridized carbons (Fsp3) is 0.350. The molecule has 1 amide bonds. The van der Waals surface area contributed by atoms with E-state index < -0.39 is 15.8 Å². The normalized spacial score (nSPS) is 16.1. The third kappa shape index (κ3) is 4.94. The zero-order chi connectivity index (χ0) is 20.1. The van der Waals surface area contributed by atoms with E-state index in [1.165, 1.54) is 28.6 Å². The number of nitrogens with zero attached hydrogens (tertiary/aromatic N) is 1. The summed E-state index contributed by atoms with van der Waals surface area (Å²) >= 11 is 0. The Hall–Kier alpha value is -2.32. The van der Waals surface area contributed by atoms with E-state index in [9.17, 15) is 22.0 Å². The van der Waals surface area contributed by atoms with Crippen LogP contribution >= 0.6 is 0 Å². The lowest BCUT2D eigenvalue weighted by Crippen LogP contribution is -2.43. The van der Waals surface area contributed by atoms with Crippen molar-refractivity contribution in [1.29, 1.82) is 0 Å². The van der Waals surface area contributed by atoms with Gasteiger partial charge in [0.2, 0.25) is 15.9 Å². The van der Waals surface area contributed by atoms with Gasteiger partial charge >= 0.3 is 0 Å². The van der Waals surface area contributed by atoms with Crippen molar-refractivity contribution in [3.05, 3.63) is 65.7 Å². The maximum Gasteiger partial charge on any atom is 0.243 e. The highest BCUT2D eigenvalue weighted by atomic mass is 32.2. The Labute approximate surface area is 163 Å². The van der Waals surface area contributed by atoms with Crippen LogP contribution in [0.5, 0.6) is 0 Å². The standard InChI is InChI=1S/C20H22F2N2O3S/c21-17-4-6-19(7-5-17)28(26,27)24-12-9-16(10-13-24)20(25)23-11-8-15-2-1-3-18(22)14-15/h1-7,14,16H,8-13H2,(H,23,25). The number of halogens is 2. The van der Waals surface area contributed by atoms with Crippen LogP contribution in [-0.2, 0) is 21.2 Å². The van der Waals surface area contributed by atoms with Crippen LogP contribution in [0, 0.1) is 17.6 Å². The van der Waals surface area contributed by atoms with Gasteiger partial charge in [0.25, 0.3) is 0 Å². The first-order chi connectivity index (χ1) is 13.4. The highest BCUT2D eigenvalue weighted by Crippen LogP contribution is 2.24. The van der Waals surface area contributed by atoms with Gasteiger partial charge in [0.05, 0.1) is 4.90 Å². The molecule has 3 rings (SSSR count). The first-order valence-corrected chi connectivity index (χ1v) is 10.6. The number of hydrogen-bond acceptors (Lipinski definition) is 3. The summed E-state index contributed by atoms with van der Waals surface area (Å²) in [5.41, 5.74) is 0.806. The van der Waals surface area contributed by atoms with Crippen LogP contribution in [0.15, 0.2) is 53.4 Å². The van der Waals surface area contributed by atoms with Crippen LogP contribution in [0.1, 0.15) is 18.4 Å². The predicted octanol–water partition coefficient (Wildman–Crippen LogP) is 2.72. The van der Waals surface area contributed by atoms with Gasteiger partial charge in [-0.3, -0.25) is 4.79 Å². The van der Waals surface area contributed by atoms with Gasteiger partial charge in [0.15, 0.2) is 0 Å². The van der Waals surface area contributed by atoms with Gasteiger partial charge in [-0.2, -0.15) is 4.31 Å².